The largest absolute Gasteiger partial charge is 0.465 e. The van der Waals surface area contributed by atoms with Gasteiger partial charge in [0.05, 0.1) is 10.3 Å². The maximum atomic E-state index is 6.13. The number of thioether (sulfide) groups is 1. The summed E-state index contributed by atoms with van der Waals surface area (Å²) in [5.41, 5.74) is 7.27. The van der Waals surface area contributed by atoms with E-state index in [9.17, 15) is 0 Å². The van der Waals surface area contributed by atoms with E-state index in [1.54, 1.807) is 11.8 Å². The van der Waals surface area contributed by atoms with E-state index in [-0.39, 0.29) is 11.3 Å². The lowest BCUT2D eigenvalue weighted by Crippen LogP contribution is -2.22. The van der Waals surface area contributed by atoms with Crippen LogP contribution < -0.4 is 5.73 Å². The number of para-hydroxylation sites is 1. The van der Waals surface area contributed by atoms with Crippen LogP contribution in [0.1, 0.15) is 23.7 Å². The molecule has 3 nitrogen and oxygen atoms in total. The molecule has 0 spiro atoms. The fourth-order valence-corrected chi connectivity index (χ4v) is 3.37. The Balaban J connectivity index is 1.89. The minimum absolute atomic E-state index is 0.0111. The Morgan fingerprint density at radius 2 is 2.00 bits per heavy atom. The Labute approximate surface area is 122 Å². The Hall–Kier alpha value is -1.65. The third kappa shape index (κ3) is 2.62. The minimum atomic E-state index is 0.0111. The van der Waals surface area contributed by atoms with Crippen molar-refractivity contribution >= 4 is 22.7 Å². The van der Waals surface area contributed by atoms with Crippen molar-refractivity contribution in [3.8, 4) is 0 Å². The maximum Gasteiger partial charge on any atom is 0.119 e. The highest BCUT2D eigenvalue weighted by Crippen LogP contribution is 2.38. The van der Waals surface area contributed by atoms with Gasteiger partial charge in [-0.05, 0) is 38.1 Å². The van der Waals surface area contributed by atoms with E-state index in [0.29, 0.717) is 0 Å². The number of H-pyrrole nitrogens is 1. The summed E-state index contributed by atoms with van der Waals surface area (Å²) in [4.78, 5) is 3.42. The quantitative estimate of drug-likeness (QED) is 0.705. The predicted molar refractivity (Wildman–Crippen MR) is 84.0 cm³/mol. The smallest absolute Gasteiger partial charge is 0.119 e. The first-order chi connectivity index (χ1) is 9.63. The van der Waals surface area contributed by atoms with Gasteiger partial charge < -0.3 is 15.1 Å². The van der Waals surface area contributed by atoms with E-state index < -0.39 is 0 Å². The molecule has 0 fully saturated rings. The topological polar surface area (TPSA) is 55.0 Å². The SMILES string of the molecule is Cc1ccc(C(Sc2cc3ccccc3[nH]2)C(C)N)o1. The molecule has 104 valence electrons. The first-order valence-corrected chi connectivity index (χ1v) is 7.58. The fourth-order valence-electron chi connectivity index (χ4n) is 2.28. The molecule has 2 aromatic heterocycles. The highest BCUT2D eigenvalue weighted by molar-refractivity contribution is 7.99. The van der Waals surface area contributed by atoms with E-state index in [1.165, 1.54) is 5.39 Å². The Morgan fingerprint density at radius 3 is 2.65 bits per heavy atom. The van der Waals surface area contributed by atoms with Crippen molar-refractivity contribution in [2.45, 2.75) is 30.2 Å². The van der Waals surface area contributed by atoms with E-state index in [1.807, 2.05) is 38.1 Å². The molecule has 0 saturated heterocycles. The lowest BCUT2D eigenvalue weighted by atomic mass is 10.2. The van der Waals surface area contributed by atoms with Crippen LogP contribution in [-0.2, 0) is 0 Å². The number of nitrogens with two attached hydrogens (primary N) is 1. The van der Waals surface area contributed by atoms with Crippen LogP contribution in [0.4, 0.5) is 0 Å². The van der Waals surface area contributed by atoms with Crippen molar-refractivity contribution in [2.75, 3.05) is 0 Å². The van der Waals surface area contributed by atoms with Gasteiger partial charge in [-0.3, -0.25) is 0 Å². The van der Waals surface area contributed by atoms with E-state index in [4.69, 9.17) is 10.2 Å². The van der Waals surface area contributed by atoms with Gasteiger partial charge in [0.15, 0.2) is 0 Å². The number of rotatable bonds is 4. The average Bonchev–Trinajstić information content (AvgIpc) is 3.01. The first kappa shape index (κ1) is 13.3. The van der Waals surface area contributed by atoms with Gasteiger partial charge in [-0.2, -0.15) is 0 Å². The zero-order chi connectivity index (χ0) is 14.1. The summed E-state index contributed by atoms with van der Waals surface area (Å²) in [6, 6.07) is 14.4. The second kappa shape index (κ2) is 5.38. The molecule has 2 atom stereocenters. The number of benzene rings is 1. The van der Waals surface area contributed by atoms with Crippen molar-refractivity contribution in [1.29, 1.82) is 0 Å². The molecule has 2 unspecified atom stereocenters. The molecule has 4 heteroatoms. The summed E-state index contributed by atoms with van der Waals surface area (Å²) in [6.45, 7) is 3.97. The summed E-state index contributed by atoms with van der Waals surface area (Å²) in [7, 11) is 0. The highest BCUT2D eigenvalue weighted by Gasteiger charge is 2.21. The van der Waals surface area contributed by atoms with Crippen LogP contribution in [0.15, 0.2) is 51.9 Å². The molecular formula is C16H18N2OS. The summed E-state index contributed by atoms with van der Waals surface area (Å²) in [5.74, 6) is 1.85. The second-order valence-electron chi connectivity index (χ2n) is 5.07. The predicted octanol–water partition coefficient (Wildman–Crippen LogP) is 4.25. The van der Waals surface area contributed by atoms with Crippen molar-refractivity contribution in [2.24, 2.45) is 5.73 Å². The summed E-state index contributed by atoms with van der Waals surface area (Å²) in [5, 5.41) is 2.44. The highest BCUT2D eigenvalue weighted by atomic mass is 32.2. The maximum absolute atomic E-state index is 6.13. The van der Waals surface area contributed by atoms with E-state index in [0.717, 1.165) is 22.1 Å². The molecule has 3 aromatic rings. The molecule has 0 amide bonds. The number of aryl methyl sites for hydroxylation is 1. The van der Waals surface area contributed by atoms with Crippen molar-refractivity contribution in [3.05, 3.63) is 54.0 Å². The van der Waals surface area contributed by atoms with Gasteiger partial charge in [-0.25, -0.2) is 0 Å². The molecule has 3 rings (SSSR count). The van der Waals surface area contributed by atoms with Gasteiger partial charge >= 0.3 is 0 Å². The molecule has 0 aliphatic heterocycles. The fraction of sp³-hybridized carbons (Fsp3) is 0.250. The second-order valence-corrected chi connectivity index (χ2v) is 6.25. The van der Waals surface area contributed by atoms with Crippen LogP contribution in [0.3, 0.4) is 0 Å². The molecule has 2 heterocycles. The van der Waals surface area contributed by atoms with Gasteiger partial charge in [-0.15, -0.1) is 0 Å². The summed E-state index contributed by atoms with van der Waals surface area (Å²) < 4.78 is 5.74. The molecule has 20 heavy (non-hydrogen) atoms. The number of aromatic amines is 1. The zero-order valence-corrected chi connectivity index (χ0v) is 12.4. The number of fused-ring (bicyclic) bond motifs is 1. The molecule has 0 radical (unpaired) electrons. The van der Waals surface area contributed by atoms with Crippen LogP contribution in [0.2, 0.25) is 0 Å². The van der Waals surface area contributed by atoms with Crippen LogP contribution >= 0.6 is 11.8 Å². The van der Waals surface area contributed by atoms with Crippen LogP contribution in [0.5, 0.6) is 0 Å². The van der Waals surface area contributed by atoms with Crippen molar-refractivity contribution < 1.29 is 4.42 Å². The molecule has 0 bridgehead atoms. The number of furan rings is 1. The van der Waals surface area contributed by atoms with E-state index >= 15 is 0 Å². The van der Waals surface area contributed by atoms with Crippen LogP contribution in [0.25, 0.3) is 10.9 Å². The van der Waals surface area contributed by atoms with Gasteiger partial charge in [0, 0.05) is 16.9 Å². The third-order valence-corrected chi connectivity index (χ3v) is 4.67. The Kier molecular flexibility index (Phi) is 3.59. The van der Waals surface area contributed by atoms with Crippen molar-refractivity contribution in [3.63, 3.8) is 0 Å². The average molecular weight is 286 g/mol. The Morgan fingerprint density at radius 1 is 1.20 bits per heavy atom. The number of nitrogens with one attached hydrogen (secondary N) is 1. The standard InChI is InChI=1S/C16H18N2OS/c1-10-7-8-14(19-10)16(11(2)17)20-15-9-12-5-3-4-6-13(12)18-15/h3-9,11,16,18H,17H2,1-2H3. The van der Waals surface area contributed by atoms with Gasteiger partial charge in [0.1, 0.15) is 11.5 Å². The zero-order valence-electron chi connectivity index (χ0n) is 11.6. The molecular weight excluding hydrogens is 268 g/mol. The summed E-state index contributed by atoms with van der Waals surface area (Å²) >= 11 is 1.71. The molecule has 3 N–H and O–H groups in total. The number of hydrogen-bond acceptors (Lipinski definition) is 3. The normalized spacial score (nSPS) is 14.6. The van der Waals surface area contributed by atoms with E-state index in [2.05, 4.69) is 23.2 Å². The lowest BCUT2D eigenvalue weighted by Gasteiger charge is -2.17. The van der Waals surface area contributed by atoms with Crippen LogP contribution in [-0.4, -0.2) is 11.0 Å². The summed E-state index contributed by atoms with van der Waals surface area (Å²) in [6.07, 6.45) is 0. The third-order valence-electron chi connectivity index (χ3n) is 3.28. The first-order valence-electron chi connectivity index (χ1n) is 6.70. The monoisotopic (exact) mass is 286 g/mol. The number of aromatic nitrogens is 1. The van der Waals surface area contributed by atoms with Crippen LogP contribution in [0, 0.1) is 6.92 Å². The number of hydrogen-bond donors (Lipinski definition) is 2. The van der Waals surface area contributed by atoms with Gasteiger partial charge in [-0.1, -0.05) is 30.0 Å². The van der Waals surface area contributed by atoms with Crippen molar-refractivity contribution in [1.82, 2.24) is 4.98 Å². The Bertz CT molecular complexity index is 681. The molecule has 1 aromatic carbocycles. The molecule has 0 saturated carbocycles. The molecule has 0 aliphatic rings. The van der Waals surface area contributed by atoms with Gasteiger partial charge in [0.25, 0.3) is 0 Å². The van der Waals surface area contributed by atoms with Gasteiger partial charge in [0.2, 0.25) is 0 Å². The lowest BCUT2D eigenvalue weighted by molar-refractivity contribution is 0.464. The minimum Gasteiger partial charge on any atom is -0.465 e. The molecule has 0 aliphatic carbocycles.